The standard InChI is InChI=1S/C15H17F2N3/c1-4-19-7-8-20(10-19)15(2,3)12-5-6-13(16)11(9-18)14(12)17/h5-8H,4,10H2,1-3H3. The fourth-order valence-corrected chi connectivity index (χ4v) is 2.32. The molecule has 0 atom stereocenters. The number of nitriles is 1. The minimum absolute atomic E-state index is 0.318. The summed E-state index contributed by atoms with van der Waals surface area (Å²) < 4.78 is 27.7. The summed E-state index contributed by atoms with van der Waals surface area (Å²) in [4.78, 5) is 4.04. The van der Waals surface area contributed by atoms with Crippen LogP contribution in [0.4, 0.5) is 8.78 Å². The molecule has 0 saturated carbocycles. The second-order valence-corrected chi connectivity index (χ2v) is 5.27. The molecule has 5 heteroatoms. The van der Waals surface area contributed by atoms with Crippen LogP contribution in [0.15, 0.2) is 24.5 Å². The van der Waals surface area contributed by atoms with Gasteiger partial charge in [-0.2, -0.15) is 5.26 Å². The molecule has 0 fully saturated rings. The van der Waals surface area contributed by atoms with Crippen molar-refractivity contribution in [2.75, 3.05) is 13.2 Å². The van der Waals surface area contributed by atoms with Gasteiger partial charge in [-0.3, -0.25) is 0 Å². The zero-order valence-corrected chi connectivity index (χ0v) is 11.8. The molecule has 0 bridgehead atoms. The number of nitrogens with zero attached hydrogens (tertiary/aromatic N) is 3. The van der Waals surface area contributed by atoms with Crippen molar-refractivity contribution in [3.8, 4) is 6.07 Å². The predicted octanol–water partition coefficient (Wildman–Crippen LogP) is 3.14. The molecule has 1 aromatic carbocycles. The highest BCUT2D eigenvalue weighted by atomic mass is 19.1. The molecule has 0 N–H and O–H groups in total. The number of hydrogen-bond acceptors (Lipinski definition) is 3. The van der Waals surface area contributed by atoms with E-state index in [1.165, 1.54) is 6.07 Å². The molecule has 0 unspecified atom stereocenters. The Morgan fingerprint density at radius 2 is 2.00 bits per heavy atom. The van der Waals surface area contributed by atoms with Crippen LogP contribution in [0.1, 0.15) is 31.9 Å². The molecule has 0 spiro atoms. The molecular weight excluding hydrogens is 260 g/mol. The molecule has 0 amide bonds. The van der Waals surface area contributed by atoms with E-state index in [2.05, 4.69) is 4.90 Å². The fraction of sp³-hybridized carbons (Fsp3) is 0.400. The second-order valence-electron chi connectivity index (χ2n) is 5.27. The van der Waals surface area contributed by atoms with Gasteiger partial charge in [0.15, 0.2) is 0 Å². The first kappa shape index (κ1) is 14.3. The second kappa shape index (κ2) is 5.12. The Labute approximate surface area is 117 Å². The third kappa shape index (κ3) is 2.22. The summed E-state index contributed by atoms with van der Waals surface area (Å²) in [6, 6.07) is 4.15. The maximum absolute atomic E-state index is 14.3. The van der Waals surface area contributed by atoms with E-state index in [0.29, 0.717) is 12.2 Å². The monoisotopic (exact) mass is 277 g/mol. The van der Waals surface area contributed by atoms with Gasteiger partial charge in [0, 0.05) is 24.5 Å². The van der Waals surface area contributed by atoms with E-state index in [0.717, 1.165) is 12.6 Å². The highest BCUT2D eigenvalue weighted by molar-refractivity contribution is 5.39. The lowest BCUT2D eigenvalue weighted by Crippen LogP contribution is -2.40. The summed E-state index contributed by atoms with van der Waals surface area (Å²) in [5, 5.41) is 8.87. The van der Waals surface area contributed by atoms with Gasteiger partial charge in [-0.25, -0.2) is 8.78 Å². The highest BCUT2D eigenvalue weighted by Crippen LogP contribution is 2.33. The molecule has 1 aliphatic heterocycles. The average molecular weight is 277 g/mol. The van der Waals surface area contributed by atoms with Gasteiger partial charge >= 0.3 is 0 Å². The Morgan fingerprint density at radius 1 is 1.30 bits per heavy atom. The van der Waals surface area contributed by atoms with Crippen LogP contribution in [0.2, 0.25) is 0 Å². The van der Waals surface area contributed by atoms with E-state index >= 15 is 0 Å². The first-order valence-corrected chi connectivity index (χ1v) is 6.49. The van der Waals surface area contributed by atoms with Gasteiger partial charge < -0.3 is 9.80 Å². The van der Waals surface area contributed by atoms with Gasteiger partial charge in [-0.05, 0) is 26.8 Å². The first-order chi connectivity index (χ1) is 9.41. The summed E-state index contributed by atoms with van der Waals surface area (Å²) in [7, 11) is 0. The quantitative estimate of drug-likeness (QED) is 0.850. The van der Waals surface area contributed by atoms with Gasteiger partial charge in [0.25, 0.3) is 0 Å². The van der Waals surface area contributed by atoms with E-state index in [1.54, 1.807) is 6.07 Å². The van der Waals surface area contributed by atoms with Gasteiger partial charge in [0.1, 0.15) is 23.3 Å². The summed E-state index contributed by atoms with van der Waals surface area (Å²) >= 11 is 0. The molecule has 0 radical (unpaired) electrons. The number of halogens is 2. The lowest BCUT2D eigenvalue weighted by molar-refractivity contribution is 0.144. The first-order valence-electron chi connectivity index (χ1n) is 6.49. The molecular formula is C15H17F2N3. The van der Waals surface area contributed by atoms with E-state index < -0.39 is 22.7 Å². The van der Waals surface area contributed by atoms with Crippen LogP contribution in [0.5, 0.6) is 0 Å². The zero-order chi connectivity index (χ0) is 14.9. The normalized spacial score (nSPS) is 14.8. The van der Waals surface area contributed by atoms with Crippen LogP contribution in [0.3, 0.4) is 0 Å². The molecule has 1 heterocycles. The van der Waals surface area contributed by atoms with Crippen LogP contribution in [0, 0.1) is 23.0 Å². The molecule has 20 heavy (non-hydrogen) atoms. The van der Waals surface area contributed by atoms with Gasteiger partial charge in [0.05, 0.1) is 12.2 Å². The van der Waals surface area contributed by atoms with Gasteiger partial charge in [0.2, 0.25) is 0 Å². The van der Waals surface area contributed by atoms with Crippen molar-refractivity contribution in [1.82, 2.24) is 9.80 Å². The third-order valence-electron chi connectivity index (χ3n) is 3.78. The van der Waals surface area contributed by atoms with Gasteiger partial charge in [-0.15, -0.1) is 0 Å². The molecule has 1 aromatic rings. The summed E-state index contributed by atoms with van der Waals surface area (Å²) in [6.45, 7) is 7.25. The Hall–Kier alpha value is -2.09. The van der Waals surface area contributed by atoms with E-state index in [-0.39, 0.29) is 0 Å². The van der Waals surface area contributed by atoms with Crippen molar-refractivity contribution >= 4 is 0 Å². The van der Waals surface area contributed by atoms with Crippen molar-refractivity contribution in [3.63, 3.8) is 0 Å². The minimum atomic E-state index is -0.823. The Kier molecular flexibility index (Phi) is 3.67. The Balaban J connectivity index is 2.41. The van der Waals surface area contributed by atoms with Crippen molar-refractivity contribution in [2.24, 2.45) is 0 Å². The smallest absolute Gasteiger partial charge is 0.149 e. The number of rotatable bonds is 3. The van der Waals surface area contributed by atoms with Crippen LogP contribution in [0.25, 0.3) is 0 Å². The summed E-state index contributed by atoms with van der Waals surface area (Å²) in [6.07, 6.45) is 3.83. The maximum Gasteiger partial charge on any atom is 0.149 e. The van der Waals surface area contributed by atoms with Crippen LogP contribution < -0.4 is 0 Å². The van der Waals surface area contributed by atoms with Crippen molar-refractivity contribution in [1.29, 1.82) is 5.26 Å². The number of benzene rings is 1. The molecule has 106 valence electrons. The van der Waals surface area contributed by atoms with E-state index in [9.17, 15) is 8.78 Å². The lowest BCUT2D eigenvalue weighted by atomic mass is 9.90. The lowest BCUT2D eigenvalue weighted by Gasteiger charge is -2.37. The van der Waals surface area contributed by atoms with Crippen LogP contribution in [-0.4, -0.2) is 23.0 Å². The SMILES string of the molecule is CCN1C=CN(C(C)(C)c2ccc(F)c(C#N)c2F)C1. The van der Waals surface area contributed by atoms with E-state index in [4.69, 9.17) is 5.26 Å². The van der Waals surface area contributed by atoms with Crippen LogP contribution in [-0.2, 0) is 5.54 Å². The van der Waals surface area contributed by atoms with Crippen LogP contribution >= 0.6 is 0 Å². The largest absolute Gasteiger partial charge is 0.359 e. The molecule has 0 aromatic heterocycles. The Bertz CT molecular complexity index is 588. The maximum atomic E-state index is 14.3. The van der Waals surface area contributed by atoms with Crippen molar-refractivity contribution < 1.29 is 8.78 Å². The summed E-state index contributed by atoms with van der Waals surface area (Å²) in [5.41, 5.74) is -0.867. The molecule has 1 aliphatic rings. The highest BCUT2D eigenvalue weighted by Gasteiger charge is 2.33. The molecule has 0 saturated heterocycles. The average Bonchev–Trinajstić information content (AvgIpc) is 2.88. The van der Waals surface area contributed by atoms with Crippen molar-refractivity contribution in [2.45, 2.75) is 26.3 Å². The molecule has 0 aliphatic carbocycles. The zero-order valence-electron chi connectivity index (χ0n) is 11.8. The molecule has 2 rings (SSSR count). The molecule has 3 nitrogen and oxygen atoms in total. The van der Waals surface area contributed by atoms with Crippen molar-refractivity contribution in [3.05, 3.63) is 47.3 Å². The number of hydrogen-bond donors (Lipinski definition) is 0. The fourth-order valence-electron chi connectivity index (χ4n) is 2.32. The minimum Gasteiger partial charge on any atom is -0.359 e. The Morgan fingerprint density at radius 3 is 2.55 bits per heavy atom. The van der Waals surface area contributed by atoms with Gasteiger partial charge in [-0.1, -0.05) is 6.07 Å². The van der Waals surface area contributed by atoms with E-state index in [1.807, 2.05) is 38.1 Å². The summed E-state index contributed by atoms with van der Waals surface area (Å²) in [5.74, 6) is -1.60. The predicted molar refractivity (Wildman–Crippen MR) is 72.3 cm³/mol. The third-order valence-corrected chi connectivity index (χ3v) is 3.78. The topological polar surface area (TPSA) is 30.3 Å².